The number of carboxylic acids is 1. The molecule has 0 saturated carbocycles. The van der Waals surface area contributed by atoms with Gasteiger partial charge in [-0.1, -0.05) is 28.1 Å². The van der Waals surface area contributed by atoms with Crippen LogP contribution in [0.5, 0.6) is 0 Å². The summed E-state index contributed by atoms with van der Waals surface area (Å²) in [6, 6.07) is 7.73. The lowest BCUT2D eigenvalue weighted by atomic mass is 10.1. The number of rotatable bonds is 3. The summed E-state index contributed by atoms with van der Waals surface area (Å²) in [5, 5.41) is 13.0. The summed E-state index contributed by atoms with van der Waals surface area (Å²) in [6.07, 6.45) is 1.77. The molecular weight excluding hydrogens is 284 g/mol. The lowest BCUT2D eigenvalue weighted by Crippen LogP contribution is -2.02. The molecule has 1 aromatic carbocycles. The number of carbonyl (C=O) groups is 1. The Kier molecular flexibility index (Phi) is 3.28. The molecule has 17 heavy (non-hydrogen) atoms. The van der Waals surface area contributed by atoms with Crippen molar-refractivity contribution in [2.75, 3.05) is 0 Å². The maximum absolute atomic E-state index is 10.8. The Hall–Kier alpha value is -1.62. The number of benzene rings is 1. The van der Waals surface area contributed by atoms with E-state index in [4.69, 9.17) is 5.11 Å². The van der Waals surface area contributed by atoms with Crippen LogP contribution < -0.4 is 0 Å². The molecule has 4 nitrogen and oxygen atoms in total. The highest BCUT2D eigenvalue weighted by Gasteiger charge is 2.13. The first-order valence-corrected chi connectivity index (χ1v) is 5.86. The molecule has 0 saturated heterocycles. The number of hydrogen-bond acceptors (Lipinski definition) is 2. The van der Waals surface area contributed by atoms with Crippen molar-refractivity contribution < 1.29 is 9.90 Å². The Balaban J connectivity index is 2.47. The van der Waals surface area contributed by atoms with Gasteiger partial charge in [-0.05, 0) is 17.7 Å². The standard InChI is InChI=1S/C12H11BrN2O2/c1-15-7-10(11(14-15)6-12(16)17)8-3-2-4-9(13)5-8/h2-5,7H,6H2,1H3,(H,16,17). The Bertz CT molecular complexity index is 563. The van der Waals surface area contributed by atoms with E-state index in [1.54, 1.807) is 11.7 Å². The van der Waals surface area contributed by atoms with E-state index in [0.717, 1.165) is 15.6 Å². The lowest BCUT2D eigenvalue weighted by molar-refractivity contribution is -0.136. The molecule has 0 bridgehead atoms. The molecule has 0 aliphatic carbocycles. The summed E-state index contributed by atoms with van der Waals surface area (Å²) < 4.78 is 2.59. The number of carboxylic acid groups (broad SMARTS) is 1. The number of halogens is 1. The molecule has 5 heteroatoms. The fraction of sp³-hybridized carbons (Fsp3) is 0.167. The van der Waals surface area contributed by atoms with E-state index in [2.05, 4.69) is 21.0 Å². The summed E-state index contributed by atoms with van der Waals surface area (Å²) in [7, 11) is 1.78. The minimum Gasteiger partial charge on any atom is -0.481 e. The summed E-state index contributed by atoms with van der Waals surface area (Å²) in [5.74, 6) is -0.875. The van der Waals surface area contributed by atoms with Crippen LogP contribution in [0.2, 0.25) is 0 Å². The van der Waals surface area contributed by atoms with Crippen molar-refractivity contribution in [3.05, 3.63) is 40.6 Å². The highest BCUT2D eigenvalue weighted by atomic mass is 79.9. The van der Waals surface area contributed by atoms with Crippen molar-refractivity contribution in [3.63, 3.8) is 0 Å². The Labute approximate surface area is 107 Å². The fourth-order valence-corrected chi connectivity index (χ4v) is 2.10. The van der Waals surface area contributed by atoms with Gasteiger partial charge in [-0.25, -0.2) is 0 Å². The smallest absolute Gasteiger partial charge is 0.309 e. The third kappa shape index (κ3) is 2.74. The zero-order chi connectivity index (χ0) is 12.4. The second-order valence-electron chi connectivity index (χ2n) is 3.74. The molecule has 0 atom stereocenters. The van der Waals surface area contributed by atoms with Crippen LogP contribution in [-0.2, 0) is 18.3 Å². The lowest BCUT2D eigenvalue weighted by Gasteiger charge is -2.01. The summed E-state index contributed by atoms with van der Waals surface area (Å²) in [6.45, 7) is 0. The van der Waals surface area contributed by atoms with Crippen LogP contribution in [0.1, 0.15) is 5.69 Å². The van der Waals surface area contributed by atoms with Gasteiger partial charge in [0.05, 0.1) is 12.1 Å². The molecule has 88 valence electrons. The van der Waals surface area contributed by atoms with Crippen LogP contribution in [0, 0.1) is 0 Å². The second-order valence-corrected chi connectivity index (χ2v) is 4.66. The first-order chi connectivity index (χ1) is 8.06. The first kappa shape index (κ1) is 11.9. The van der Waals surface area contributed by atoms with Crippen LogP contribution in [0.3, 0.4) is 0 Å². The number of hydrogen-bond donors (Lipinski definition) is 1. The zero-order valence-electron chi connectivity index (χ0n) is 9.22. The van der Waals surface area contributed by atoms with Gasteiger partial charge in [0.2, 0.25) is 0 Å². The van der Waals surface area contributed by atoms with Crippen molar-refractivity contribution in [1.82, 2.24) is 9.78 Å². The molecule has 2 aromatic rings. The third-order valence-electron chi connectivity index (χ3n) is 2.36. The number of aryl methyl sites for hydroxylation is 1. The normalized spacial score (nSPS) is 10.5. The minimum atomic E-state index is -0.875. The third-order valence-corrected chi connectivity index (χ3v) is 2.85. The average Bonchev–Trinajstić information content (AvgIpc) is 2.58. The molecule has 1 N–H and O–H groups in total. The number of nitrogens with zero attached hydrogens (tertiary/aromatic N) is 2. The van der Waals surface area contributed by atoms with Crippen LogP contribution >= 0.6 is 15.9 Å². The maximum atomic E-state index is 10.8. The Morgan fingerprint density at radius 3 is 2.94 bits per heavy atom. The zero-order valence-corrected chi connectivity index (χ0v) is 10.8. The fourth-order valence-electron chi connectivity index (χ4n) is 1.71. The molecule has 0 spiro atoms. The topological polar surface area (TPSA) is 55.1 Å². The molecule has 0 radical (unpaired) electrons. The highest BCUT2D eigenvalue weighted by Crippen LogP contribution is 2.25. The second kappa shape index (κ2) is 4.71. The van der Waals surface area contributed by atoms with Gasteiger partial charge in [0.1, 0.15) is 0 Å². The molecule has 1 heterocycles. The van der Waals surface area contributed by atoms with Gasteiger partial charge in [0.25, 0.3) is 0 Å². The van der Waals surface area contributed by atoms with Gasteiger partial charge in [0, 0.05) is 23.3 Å². The SMILES string of the molecule is Cn1cc(-c2cccc(Br)c2)c(CC(=O)O)n1. The van der Waals surface area contributed by atoms with Crippen molar-refractivity contribution in [2.45, 2.75) is 6.42 Å². The van der Waals surface area contributed by atoms with Crippen molar-refractivity contribution in [1.29, 1.82) is 0 Å². The monoisotopic (exact) mass is 294 g/mol. The molecule has 0 amide bonds. The van der Waals surface area contributed by atoms with E-state index in [9.17, 15) is 4.79 Å². The summed E-state index contributed by atoms with van der Waals surface area (Å²) in [5.41, 5.74) is 2.40. The molecule has 1 aromatic heterocycles. The minimum absolute atomic E-state index is 0.0668. The van der Waals surface area contributed by atoms with E-state index >= 15 is 0 Å². The molecule has 0 aliphatic rings. The molecule has 2 rings (SSSR count). The number of aromatic nitrogens is 2. The Morgan fingerprint density at radius 2 is 2.29 bits per heavy atom. The van der Waals surface area contributed by atoms with Crippen LogP contribution in [0.25, 0.3) is 11.1 Å². The summed E-state index contributed by atoms with van der Waals surface area (Å²) >= 11 is 3.40. The van der Waals surface area contributed by atoms with Crippen molar-refractivity contribution in [2.24, 2.45) is 7.05 Å². The molecular formula is C12H11BrN2O2. The van der Waals surface area contributed by atoms with E-state index in [-0.39, 0.29) is 6.42 Å². The molecule has 0 aliphatic heterocycles. The maximum Gasteiger partial charge on any atom is 0.309 e. The van der Waals surface area contributed by atoms with E-state index in [0.29, 0.717) is 5.69 Å². The highest BCUT2D eigenvalue weighted by molar-refractivity contribution is 9.10. The predicted molar refractivity (Wildman–Crippen MR) is 67.7 cm³/mol. The van der Waals surface area contributed by atoms with Crippen LogP contribution in [0.4, 0.5) is 0 Å². The largest absolute Gasteiger partial charge is 0.481 e. The quantitative estimate of drug-likeness (QED) is 0.946. The van der Waals surface area contributed by atoms with Crippen molar-refractivity contribution >= 4 is 21.9 Å². The van der Waals surface area contributed by atoms with Gasteiger partial charge in [-0.2, -0.15) is 5.10 Å². The van der Waals surface area contributed by atoms with Crippen LogP contribution in [0.15, 0.2) is 34.9 Å². The summed E-state index contributed by atoms with van der Waals surface area (Å²) in [4.78, 5) is 10.8. The van der Waals surface area contributed by atoms with Gasteiger partial charge in [-0.3, -0.25) is 9.48 Å². The predicted octanol–water partition coefficient (Wildman–Crippen LogP) is 2.48. The van der Waals surface area contributed by atoms with Gasteiger partial charge in [0.15, 0.2) is 0 Å². The Morgan fingerprint density at radius 1 is 1.53 bits per heavy atom. The van der Waals surface area contributed by atoms with E-state index in [1.807, 2.05) is 30.5 Å². The molecule has 0 fully saturated rings. The van der Waals surface area contributed by atoms with Gasteiger partial charge < -0.3 is 5.11 Å². The van der Waals surface area contributed by atoms with Crippen molar-refractivity contribution in [3.8, 4) is 11.1 Å². The number of aliphatic carboxylic acids is 1. The average molecular weight is 295 g/mol. The van der Waals surface area contributed by atoms with E-state index in [1.165, 1.54) is 0 Å². The van der Waals surface area contributed by atoms with Crippen LogP contribution in [-0.4, -0.2) is 20.9 Å². The molecule has 0 unspecified atom stereocenters. The van der Waals surface area contributed by atoms with E-state index < -0.39 is 5.97 Å². The van der Waals surface area contributed by atoms with Gasteiger partial charge in [-0.15, -0.1) is 0 Å². The first-order valence-electron chi connectivity index (χ1n) is 5.06. The van der Waals surface area contributed by atoms with Gasteiger partial charge >= 0.3 is 5.97 Å².